The van der Waals surface area contributed by atoms with Gasteiger partial charge in [0.05, 0.1) is 0 Å². The molecule has 0 aliphatic carbocycles. The lowest BCUT2D eigenvalue weighted by atomic mass is 9.80. The van der Waals surface area contributed by atoms with Crippen LogP contribution >= 0.6 is 0 Å². The highest BCUT2D eigenvalue weighted by molar-refractivity contribution is 5.96. The Labute approximate surface area is 179 Å². The highest BCUT2D eigenvalue weighted by Crippen LogP contribution is 2.44. The minimum absolute atomic E-state index is 0.0811. The quantitative estimate of drug-likeness (QED) is 0.785. The van der Waals surface area contributed by atoms with Crippen LogP contribution in [0.4, 0.5) is 0 Å². The van der Waals surface area contributed by atoms with E-state index in [4.69, 9.17) is 0 Å². The summed E-state index contributed by atoms with van der Waals surface area (Å²) in [5, 5.41) is 0. The molecule has 0 aromatic heterocycles. The summed E-state index contributed by atoms with van der Waals surface area (Å²) in [7, 11) is 4.14. The molecule has 5 heteroatoms. The molecule has 30 heavy (non-hydrogen) atoms. The van der Waals surface area contributed by atoms with E-state index < -0.39 is 0 Å². The van der Waals surface area contributed by atoms with Gasteiger partial charge in [-0.3, -0.25) is 9.59 Å². The summed E-state index contributed by atoms with van der Waals surface area (Å²) < 4.78 is 0. The predicted octanol–water partition coefficient (Wildman–Crippen LogP) is 3.08. The molecule has 2 amide bonds. The maximum absolute atomic E-state index is 13.3. The van der Waals surface area contributed by atoms with E-state index in [-0.39, 0.29) is 17.2 Å². The maximum Gasteiger partial charge on any atom is 0.254 e. The zero-order valence-electron chi connectivity index (χ0n) is 18.4. The first kappa shape index (κ1) is 20.6. The first-order chi connectivity index (χ1) is 14.3. The van der Waals surface area contributed by atoms with Crippen LogP contribution < -0.4 is 0 Å². The molecule has 0 N–H and O–H groups in total. The van der Waals surface area contributed by atoms with E-state index in [2.05, 4.69) is 25.1 Å². The van der Waals surface area contributed by atoms with E-state index in [0.29, 0.717) is 32.1 Å². The van der Waals surface area contributed by atoms with Crippen LogP contribution in [0.2, 0.25) is 0 Å². The Hall–Kier alpha value is -2.66. The summed E-state index contributed by atoms with van der Waals surface area (Å²) in [5.74, 6) is 0.499. The van der Waals surface area contributed by atoms with E-state index in [1.54, 1.807) is 0 Å². The van der Waals surface area contributed by atoms with Crippen LogP contribution in [-0.2, 0) is 0 Å². The maximum atomic E-state index is 13.3. The number of carbonyl (C=O) groups excluding carboxylic acids is 2. The normalized spacial score (nSPS) is 23.2. The van der Waals surface area contributed by atoms with E-state index >= 15 is 0 Å². The smallest absolute Gasteiger partial charge is 0.254 e. The Morgan fingerprint density at radius 2 is 1.60 bits per heavy atom. The minimum Gasteiger partial charge on any atom is -0.338 e. The van der Waals surface area contributed by atoms with Crippen LogP contribution in [0.3, 0.4) is 0 Å². The van der Waals surface area contributed by atoms with Gasteiger partial charge in [0.25, 0.3) is 11.8 Å². The molecule has 2 aromatic rings. The number of rotatable bonds is 4. The molecule has 2 fully saturated rings. The standard InChI is InChI=1S/C25H31N3O2/c1-18-10-11-22(19(2)12-18)24(30)28-14-21-13-27(16-25(21,17-28)15-26(3)4)23(29)20-8-6-5-7-9-20/h5-12,21H,13-17H2,1-4H3. The van der Waals surface area contributed by atoms with Crippen molar-refractivity contribution in [1.29, 1.82) is 0 Å². The van der Waals surface area contributed by atoms with Crippen molar-refractivity contribution >= 4 is 11.8 Å². The van der Waals surface area contributed by atoms with Crippen LogP contribution in [0.5, 0.6) is 0 Å². The van der Waals surface area contributed by atoms with E-state index in [1.807, 2.05) is 66.1 Å². The van der Waals surface area contributed by atoms with Crippen molar-refractivity contribution in [2.75, 3.05) is 46.8 Å². The molecule has 158 valence electrons. The van der Waals surface area contributed by atoms with Gasteiger partial charge in [0, 0.05) is 55.2 Å². The van der Waals surface area contributed by atoms with Crippen molar-refractivity contribution in [3.63, 3.8) is 0 Å². The molecular weight excluding hydrogens is 374 g/mol. The molecule has 5 nitrogen and oxygen atoms in total. The molecule has 2 heterocycles. The van der Waals surface area contributed by atoms with Crippen molar-refractivity contribution in [1.82, 2.24) is 14.7 Å². The van der Waals surface area contributed by atoms with Crippen molar-refractivity contribution in [2.24, 2.45) is 11.3 Å². The van der Waals surface area contributed by atoms with E-state index in [0.717, 1.165) is 23.2 Å². The number of hydrogen-bond acceptors (Lipinski definition) is 3. The fraction of sp³-hybridized carbons (Fsp3) is 0.440. The van der Waals surface area contributed by atoms with Gasteiger partial charge < -0.3 is 14.7 Å². The highest BCUT2D eigenvalue weighted by atomic mass is 16.2. The summed E-state index contributed by atoms with van der Waals surface area (Å²) in [5.41, 5.74) is 3.64. The number of amides is 2. The highest BCUT2D eigenvalue weighted by Gasteiger charge is 2.54. The summed E-state index contributed by atoms with van der Waals surface area (Å²) in [4.78, 5) is 32.5. The number of carbonyl (C=O) groups is 2. The molecule has 0 saturated carbocycles. The van der Waals surface area contributed by atoms with Crippen molar-refractivity contribution in [3.8, 4) is 0 Å². The van der Waals surface area contributed by atoms with Gasteiger partial charge in [0.1, 0.15) is 0 Å². The third-order valence-electron chi connectivity index (χ3n) is 6.60. The summed E-state index contributed by atoms with van der Waals surface area (Å²) in [6, 6.07) is 15.5. The number of benzene rings is 2. The molecule has 0 radical (unpaired) electrons. The molecule has 0 spiro atoms. The number of fused-ring (bicyclic) bond motifs is 1. The van der Waals surface area contributed by atoms with E-state index in [1.165, 1.54) is 5.56 Å². The van der Waals surface area contributed by atoms with Crippen molar-refractivity contribution in [3.05, 3.63) is 70.8 Å². The lowest BCUT2D eigenvalue weighted by Gasteiger charge is -2.32. The molecule has 0 bridgehead atoms. The first-order valence-corrected chi connectivity index (χ1v) is 10.6. The molecule has 2 saturated heterocycles. The van der Waals surface area contributed by atoms with Crippen molar-refractivity contribution in [2.45, 2.75) is 13.8 Å². The second-order valence-corrected chi connectivity index (χ2v) is 9.35. The topological polar surface area (TPSA) is 43.9 Å². The average molecular weight is 406 g/mol. The van der Waals surface area contributed by atoms with Crippen molar-refractivity contribution < 1.29 is 9.59 Å². The Balaban J connectivity index is 1.55. The zero-order chi connectivity index (χ0) is 21.5. The SMILES string of the molecule is Cc1ccc(C(=O)N2CC3CN(C(=O)c4ccccc4)CC3(CN(C)C)C2)c(C)c1. The number of aryl methyl sites for hydroxylation is 2. The molecule has 4 rings (SSSR count). The molecule has 2 aromatic carbocycles. The molecule has 2 aliphatic rings. The predicted molar refractivity (Wildman–Crippen MR) is 119 cm³/mol. The van der Waals surface area contributed by atoms with Crippen LogP contribution in [0, 0.1) is 25.2 Å². The lowest BCUT2D eigenvalue weighted by molar-refractivity contribution is 0.0701. The van der Waals surface area contributed by atoms with E-state index in [9.17, 15) is 9.59 Å². The second kappa shape index (κ2) is 7.88. The fourth-order valence-corrected chi connectivity index (χ4v) is 5.33. The average Bonchev–Trinajstić information content (AvgIpc) is 3.20. The summed E-state index contributed by atoms with van der Waals surface area (Å²) in [6.45, 7) is 7.73. The molecule has 2 unspecified atom stereocenters. The van der Waals surface area contributed by atoms with Gasteiger partial charge in [-0.1, -0.05) is 35.9 Å². The Kier molecular flexibility index (Phi) is 5.41. The van der Waals surface area contributed by atoms with Gasteiger partial charge in [0.15, 0.2) is 0 Å². The van der Waals surface area contributed by atoms with Gasteiger partial charge in [0.2, 0.25) is 0 Å². The Morgan fingerprint density at radius 3 is 2.20 bits per heavy atom. The van der Waals surface area contributed by atoms with Gasteiger partial charge in [-0.05, 0) is 51.7 Å². The lowest BCUT2D eigenvalue weighted by Crippen LogP contribution is -2.43. The number of likely N-dealkylation sites (tertiary alicyclic amines) is 2. The molecule has 2 atom stereocenters. The second-order valence-electron chi connectivity index (χ2n) is 9.35. The van der Waals surface area contributed by atoms with Gasteiger partial charge in [-0.15, -0.1) is 0 Å². The van der Waals surface area contributed by atoms with Gasteiger partial charge in [-0.25, -0.2) is 0 Å². The Bertz CT molecular complexity index is 956. The third kappa shape index (κ3) is 3.74. The summed E-state index contributed by atoms with van der Waals surface area (Å²) in [6.07, 6.45) is 0. The first-order valence-electron chi connectivity index (χ1n) is 10.6. The summed E-state index contributed by atoms with van der Waals surface area (Å²) >= 11 is 0. The molecular formula is C25H31N3O2. The van der Waals surface area contributed by atoms with Gasteiger partial charge in [-0.2, -0.15) is 0 Å². The van der Waals surface area contributed by atoms with Crippen LogP contribution in [-0.4, -0.2) is 73.3 Å². The monoisotopic (exact) mass is 405 g/mol. The third-order valence-corrected chi connectivity index (χ3v) is 6.60. The zero-order valence-corrected chi connectivity index (χ0v) is 18.4. The fourth-order valence-electron chi connectivity index (χ4n) is 5.33. The molecule has 2 aliphatic heterocycles. The number of nitrogens with zero attached hydrogens (tertiary/aromatic N) is 3. The van der Waals surface area contributed by atoms with Gasteiger partial charge >= 0.3 is 0 Å². The van der Waals surface area contributed by atoms with Crippen LogP contribution in [0.1, 0.15) is 31.8 Å². The Morgan fingerprint density at radius 1 is 0.967 bits per heavy atom. The minimum atomic E-state index is -0.0811. The largest absolute Gasteiger partial charge is 0.338 e. The number of hydrogen-bond donors (Lipinski definition) is 0. The van der Waals surface area contributed by atoms with Crippen LogP contribution in [0.25, 0.3) is 0 Å². The van der Waals surface area contributed by atoms with Crippen LogP contribution in [0.15, 0.2) is 48.5 Å².